The Labute approximate surface area is 86.3 Å². The summed E-state index contributed by atoms with van der Waals surface area (Å²) in [6.45, 7) is 5.47. The van der Waals surface area contributed by atoms with Crippen molar-refractivity contribution in [1.82, 2.24) is 9.80 Å². The molecule has 0 unspecified atom stereocenters. The van der Waals surface area contributed by atoms with E-state index in [-0.39, 0.29) is 0 Å². The topological polar surface area (TPSA) is 30.3 Å². The molecule has 0 N–H and O–H groups in total. The molecule has 0 atom stereocenters. The first kappa shape index (κ1) is 9.95. The van der Waals surface area contributed by atoms with Gasteiger partial charge in [0.05, 0.1) is 12.6 Å². The van der Waals surface area contributed by atoms with E-state index in [1.165, 1.54) is 38.8 Å². The van der Waals surface area contributed by atoms with Crippen molar-refractivity contribution >= 4 is 0 Å². The van der Waals surface area contributed by atoms with E-state index in [1.807, 2.05) is 0 Å². The van der Waals surface area contributed by atoms with Crippen LogP contribution < -0.4 is 0 Å². The predicted molar refractivity (Wildman–Crippen MR) is 55.9 cm³/mol. The van der Waals surface area contributed by atoms with Gasteiger partial charge < -0.3 is 4.90 Å². The summed E-state index contributed by atoms with van der Waals surface area (Å²) in [5.41, 5.74) is 0. The average Bonchev–Trinajstić information content (AvgIpc) is 2.72. The second kappa shape index (κ2) is 4.77. The van der Waals surface area contributed by atoms with E-state index in [2.05, 4.69) is 15.9 Å². The summed E-state index contributed by atoms with van der Waals surface area (Å²) in [6, 6.07) is 3.05. The van der Waals surface area contributed by atoms with Crippen molar-refractivity contribution in [1.29, 1.82) is 5.26 Å². The fraction of sp³-hybridized carbons (Fsp3) is 0.909. The minimum absolute atomic E-state index is 0.618. The van der Waals surface area contributed by atoms with Crippen LogP contribution in [-0.4, -0.2) is 48.6 Å². The van der Waals surface area contributed by atoms with Gasteiger partial charge in [0.15, 0.2) is 0 Å². The molecule has 2 aliphatic rings. The number of nitrogens with zero attached hydrogens (tertiary/aromatic N) is 3. The van der Waals surface area contributed by atoms with E-state index in [0.29, 0.717) is 6.54 Å². The molecule has 3 nitrogen and oxygen atoms in total. The van der Waals surface area contributed by atoms with E-state index < -0.39 is 0 Å². The summed E-state index contributed by atoms with van der Waals surface area (Å²) in [4.78, 5) is 4.91. The first-order chi connectivity index (χ1) is 6.90. The standard InChI is InChI=1S/C11H19N3/c12-5-10-13-8-3-11(4-9-13)14-6-1-2-7-14/h11H,1-4,6-10H2. The van der Waals surface area contributed by atoms with Crippen LogP contribution in [0.25, 0.3) is 0 Å². The van der Waals surface area contributed by atoms with Crippen LogP contribution in [0.1, 0.15) is 25.7 Å². The Kier molecular flexibility index (Phi) is 3.39. The van der Waals surface area contributed by atoms with Crippen LogP contribution in [0.2, 0.25) is 0 Å². The number of likely N-dealkylation sites (tertiary alicyclic amines) is 2. The summed E-state index contributed by atoms with van der Waals surface area (Å²) in [5, 5.41) is 8.59. The lowest BCUT2D eigenvalue weighted by atomic mass is 10.0. The van der Waals surface area contributed by atoms with Crippen LogP contribution >= 0.6 is 0 Å². The van der Waals surface area contributed by atoms with E-state index in [4.69, 9.17) is 5.26 Å². The Bertz CT molecular complexity index is 207. The maximum atomic E-state index is 8.59. The van der Waals surface area contributed by atoms with Crippen LogP contribution in [-0.2, 0) is 0 Å². The summed E-state index contributed by atoms with van der Waals surface area (Å²) in [6.07, 6.45) is 5.31. The zero-order chi connectivity index (χ0) is 9.80. The van der Waals surface area contributed by atoms with Crippen molar-refractivity contribution in [2.45, 2.75) is 31.7 Å². The number of rotatable bonds is 2. The van der Waals surface area contributed by atoms with Gasteiger partial charge in [-0.25, -0.2) is 0 Å². The first-order valence-corrected chi connectivity index (χ1v) is 5.73. The third kappa shape index (κ3) is 2.26. The molecule has 0 aromatic carbocycles. The summed E-state index contributed by atoms with van der Waals surface area (Å²) in [7, 11) is 0. The van der Waals surface area contributed by atoms with Gasteiger partial charge in [0.2, 0.25) is 0 Å². The zero-order valence-corrected chi connectivity index (χ0v) is 8.78. The van der Waals surface area contributed by atoms with Gasteiger partial charge in [-0.3, -0.25) is 4.90 Å². The molecular formula is C11H19N3. The summed E-state index contributed by atoms with van der Waals surface area (Å²) >= 11 is 0. The molecule has 0 bridgehead atoms. The van der Waals surface area contributed by atoms with Gasteiger partial charge in [-0.1, -0.05) is 0 Å². The van der Waals surface area contributed by atoms with E-state index in [1.54, 1.807) is 0 Å². The maximum Gasteiger partial charge on any atom is 0.0866 e. The van der Waals surface area contributed by atoms with Crippen molar-refractivity contribution in [2.75, 3.05) is 32.7 Å². The van der Waals surface area contributed by atoms with Crippen LogP contribution in [0, 0.1) is 11.3 Å². The SMILES string of the molecule is N#CCN1CCC(N2CCCC2)CC1. The van der Waals surface area contributed by atoms with Gasteiger partial charge in [-0.2, -0.15) is 5.26 Å². The van der Waals surface area contributed by atoms with Crippen molar-refractivity contribution in [3.8, 4) is 6.07 Å². The van der Waals surface area contributed by atoms with Crippen molar-refractivity contribution in [2.24, 2.45) is 0 Å². The van der Waals surface area contributed by atoms with E-state index in [0.717, 1.165) is 19.1 Å². The van der Waals surface area contributed by atoms with Gasteiger partial charge in [0.25, 0.3) is 0 Å². The van der Waals surface area contributed by atoms with Gasteiger partial charge in [-0.15, -0.1) is 0 Å². The van der Waals surface area contributed by atoms with E-state index in [9.17, 15) is 0 Å². The molecule has 0 spiro atoms. The minimum Gasteiger partial charge on any atom is -0.300 e. The Morgan fingerprint density at radius 1 is 1.07 bits per heavy atom. The molecule has 78 valence electrons. The third-order valence-corrected chi connectivity index (χ3v) is 3.51. The summed E-state index contributed by atoms with van der Waals surface area (Å²) in [5.74, 6) is 0. The molecule has 0 saturated carbocycles. The molecule has 2 heterocycles. The molecule has 0 aromatic heterocycles. The lowest BCUT2D eigenvalue weighted by molar-refractivity contribution is 0.136. The first-order valence-electron chi connectivity index (χ1n) is 5.73. The Balaban J connectivity index is 1.75. The maximum absolute atomic E-state index is 8.59. The molecule has 2 aliphatic heterocycles. The van der Waals surface area contributed by atoms with Gasteiger partial charge in [0.1, 0.15) is 0 Å². The second-order valence-corrected chi connectivity index (χ2v) is 4.41. The van der Waals surface area contributed by atoms with Crippen LogP contribution in [0.4, 0.5) is 0 Å². The molecular weight excluding hydrogens is 174 g/mol. The molecule has 0 aromatic rings. The van der Waals surface area contributed by atoms with Gasteiger partial charge >= 0.3 is 0 Å². The molecule has 2 fully saturated rings. The third-order valence-electron chi connectivity index (χ3n) is 3.51. The average molecular weight is 193 g/mol. The highest BCUT2D eigenvalue weighted by molar-refractivity contribution is 4.85. The predicted octanol–water partition coefficient (Wildman–Crippen LogP) is 1.07. The Hall–Kier alpha value is -0.590. The van der Waals surface area contributed by atoms with Crippen molar-refractivity contribution in [3.05, 3.63) is 0 Å². The van der Waals surface area contributed by atoms with Crippen molar-refractivity contribution in [3.63, 3.8) is 0 Å². The molecule has 2 saturated heterocycles. The molecule has 0 aliphatic carbocycles. The second-order valence-electron chi connectivity index (χ2n) is 4.41. The van der Waals surface area contributed by atoms with Gasteiger partial charge in [0, 0.05) is 19.1 Å². The highest BCUT2D eigenvalue weighted by Crippen LogP contribution is 2.20. The molecule has 2 rings (SSSR count). The van der Waals surface area contributed by atoms with E-state index >= 15 is 0 Å². The smallest absolute Gasteiger partial charge is 0.0866 e. The van der Waals surface area contributed by atoms with Crippen molar-refractivity contribution < 1.29 is 0 Å². The summed E-state index contributed by atoms with van der Waals surface area (Å²) < 4.78 is 0. The molecule has 14 heavy (non-hydrogen) atoms. The molecule has 0 amide bonds. The number of hydrogen-bond acceptors (Lipinski definition) is 3. The molecule has 0 radical (unpaired) electrons. The highest BCUT2D eigenvalue weighted by atomic mass is 15.2. The quantitative estimate of drug-likeness (QED) is 0.615. The minimum atomic E-state index is 0.618. The highest BCUT2D eigenvalue weighted by Gasteiger charge is 2.25. The largest absolute Gasteiger partial charge is 0.300 e. The molecule has 3 heteroatoms. The lowest BCUT2D eigenvalue weighted by Gasteiger charge is -2.35. The fourth-order valence-corrected chi connectivity index (χ4v) is 2.65. The fourth-order valence-electron chi connectivity index (χ4n) is 2.65. The number of nitriles is 1. The monoisotopic (exact) mass is 193 g/mol. The Morgan fingerprint density at radius 2 is 1.71 bits per heavy atom. The normalized spacial score (nSPS) is 26.5. The Morgan fingerprint density at radius 3 is 2.29 bits per heavy atom. The van der Waals surface area contributed by atoms with Crippen LogP contribution in [0.3, 0.4) is 0 Å². The zero-order valence-electron chi connectivity index (χ0n) is 8.78. The lowest BCUT2D eigenvalue weighted by Crippen LogP contribution is -2.43. The van der Waals surface area contributed by atoms with Gasteiger partial charge in [-0.05, 0) is 38.8 Å². The van der Waals surface area contributed by atoms with Crippen LogP contribution in [0.15, 0.2) is 0 Å². The number of hydrogen-bond donors (Lipinski definition) is 0. The number of piperidine rings is 1. The van der Waals surface area contributed by atoms with Crippen LogP contribution in [0.5, 0.6) is 0 Å².